The molecule has 2 aliphatic rings. The van der Waals surface area contributed by atoms with Crippen LogP contribution in [-0.4, -0.2) is 43.9 Å². The van der Waals surface area contributed by atoms with Gasteiger partial charge in [-0.2, -0.15) is 0 Å². The molecule has 0 saturated heterocycles. The number of methoxy groups -OCH3 is 1. The third-order valence-electron chi connectivity index (χ3n) is 5.91. The number of carbonyl (C=O) groups excluding carboxylic acids is 2. The molecule has 5 nitrogen and oxygen atoms in total. The number of thioether (sulfide) groups is 1. The maximum Gasteiger partial charge on any atom is 0.252 e. The summed E-state index contributed by atoms with van der Waals surface area (Å²) in [6, 6.07) is 7.72. The van der Waals surface area contributed by atoms with Gasteiger partial charge in [-0.25, -0.2) is 0 Å². The highest BCUT2D eigenvalue weighted by molar-refractivity contribution is 8.00. The van der Waals surface area contributed by atoms with Crippen molar-refractivity contribution in [3.63, 3.8) is 0 Å². The Bertz CT molecular complexity index is 667. The van der Waals surface area contributed by atoms with Gasteiger partial charge in [0.25, 0.3) is 5.91 Å². The minimum Gasteiger partial charge on any atom is -0.383 e. The van der Waals surface area contributed by atoms with Crippen LogP contribution in [0.2, 0.25) is 0 Å². The molecule has 3 rings (SSSR count). The zero-order valence-electron chi connectivity index (χ0n) is 16.2. The first-order valence-corrected chi connectivity index (χ1v) is 10.9. The van der Waals surface area contributed by atoms with Gasteiger partial charge in [-0.1, -0.05) is 18.6 Å². The molecule has 0 aromatic heterocycles. The lowest BCUT2D eigenvalue weighted by Crippen LogP contribution is -2.40. The molecule has 4 atom stereocenters. The van der Waals surface area contributed by atoms with Crippen molar-refractivity contribution in [3.05, 3.63) is 29.8 Å². The average Bonchev–Trinajstić information content (AvgIpc) is 3.30. The molecule has 0 aliphatic heterocycles. The molecule has 2 saturated carbocycles. The average molecular weight is 391 g/mol. The summed E-state index contributed by atoms with van der Waals surface area (Å²) in [6.07, 6.45) is 5.29. The standard InChI is InChI=1S/C21H30N2O3S/c1-14(18-12-15-7-8-16(18)11-15)23-21(25)17-5-3-4-6-19(17)27-13-20(24)22-9-10-26-2/h3-6,14-16,18H,7-13H2,1-2H3,(H,22,24)(H,23,25). The van der Waals surface area contributed by atoms with Gasteiger partial charge < -0.3 is 15.4 Å². The van der Waals surface area contributed by atoms with Gasteiger partial charge in [0.05, 0.1) is 17.9 Å². The molecule has 2 aliphatic carbocycles. The molecule has 6 heteroatoms. The number of hydrogen-bond donors (Lipinski definition) is 2. The van der Waals surface area contributed by atoms with E-state index in [1.807, 2.05) is 24.3 Å². The number of benzene rings is 1. The smallest absolute Gasteiger partial charge is 0.252 e. The minimum absolute atomic E-state index is 0.0341. The van der Waals surface area contributed by atoms with Gasteiger partial charge in [-0.15, -0.1) is 11.8 Å². The molecule has 1 aromatic rings. The number of ether oxygens (including phenoxy) is 1. The predicted molar refractivity (Wildman–Crippen MR) is 108 cm³/mol. The second-order valence-electron chi connectivity index (χ2n) is 7.73. The highest BCUT2D eigenvalue weighted by Gasteiger charge is 2.42. The van der Waals surface area contributed by atoms with Crippen molar-refractivity contribution >= 4 is 23.6 Å². The van der Waals surface area contributed by atoms with Crippen molar-refractivity contribution in [2.45, 2.75) is 43.5 Å². The van der Waals surface area contributed by atoms with E-state index in [1.54, 1.807) is 7.11 Å². The Labute approximate surface area is 166 Å². The second kappa shape index (κ2) is 9.60. The molecule has 0 radical (unpaired) electrons. The van der Waals surface area contributed by atoms with Crippen LogP contribution in [0.4, 0.5) is 0 Å². The Morgan fingerprint density at radius 2 is 2.07 bits per heavy atom. The molecule has 4 unspecified atom stereocenters. The third-order valence-corrected chi connectivity index (χ3v) is 6.99. The zero-order chi connectivity index (χ0) is 19.2. The summed E-state index contributed by atoms with van der Waals surface area (Å²) in [7, 11) is 1.60. The van der Waals surface area contributed by atoms with E-state index in [0.29, 0.717) is 24.6 Å². The molecule has 148 valence electrons. The van der Waals surface area contributed by atoms with Crippen LogP contribution in [0.25, 0.3) is 0 Å². The first kappa shape index (κ1) is 20.2. The summed E-state index contributed by atoms with van der Waals surface area (Å²) in [5.74, 6) is 2.47. The van der Waals surface area contributed by atoms with Crippen molar-refractivity contribution in [1.82, 2.24) is 10.6 Å². The fourth-order valence-electron chi connectivity index (χ4n) is 4.56. The Morgan fingerprint density at radius 1 is 1.26 bits per heavy atom. The molecule has 0 spiro atoms. The van der Waals surface area contributed by atoms with Crippen LogP contribution in [0.5, 0.6) is 0 Å². The van der Waals surface area contributed by atoms with Gasteiger partial charge in [0.2, 0.25) is 5.91 Å². The summed E-state index contributed by atoms with van der Waals surface area (Å²) in [5, 5.41) is 6.03. The summed E-state index contributed by atoms with van der Waals surface area (Å²) in [4.78, 5) is 25.6. The lowest BCUT2D eigenvalue weighted by atomic mass is 9.84. The minimum atomic E-state index is -0.0531. The molecule has 0 heterocycles. The van der Waals surface area contributed by atoms with Crippen LogP contribution in [-0.2, 0) is 9.53 Å². The monoisotopic (exact) mass is 390 g/mol. The van der Waals surface area contributed by atoms with E-state index in [9.17, 15) is 9.59 Å². The Morgan fingerprint density at radius 3 is 2.78 bits per heavy atom. The zero-order valence-corrected chi connectivity index (χ0v) is 17.0. The number of amides is 2. The van der Waals surface area contributed by atoms with Gasteiger partial charge in [0.15, 0.2) is 0 Å². The quantitative estimate of drug-likeness (QED) is 0.502. The van der Waals surface area contributed by atoms with Crippen LogP contribution in [0.1, 0.15) is 43.0 Å². The molecular weight excluding hydrogens is 360 g/mol. The van der Waals surface area contributed by atoms with Gasteiger partial charge in [0, 0.05) is 24.6 Å². The number of fused-ring (bicyclic) bond motifs is 2. The fraction of sp³-hybridized carbons (Fsp3) is 0.619. The number of nitrogens with one attached hydrogen (secondary N) is 2. The van der Waals surface area contributed by atoms with Gasteiger partial charge >= 0.3 is 0 Å². The first-order valence-electron chi connectivity index (χ1n) is 9.86. The Kier molecular flexibility index (Phi) is 7.19. The van der Waals surface area contributed by atoms with Gasteiger partial charge in [-0.05, 0) is 56.1 Å². The molecule has 2 amide bonds. The number of hydrogen-bond acceptors (Lipinski definition) is 4. The molecule has 27 heavy (non-hydrogen) atoms. The van der Waals surface area contributed by atoms with Crippen molar-refractivity contribution < 1.29 is 14.3 Å². The second-order valence-corrected chi connectivity index (χ2v) is 8.75. The van der Waals surface area contributed by atoms with Crippen LogP contribution in [0.3, 0.4) is 0 Å². The third kappa shape index (κ3) is 5.26. The van der Waals surface area contributed by atoms with Crippen molar-refractivity contribution in [2.24, 2.45) is 17.8 Å². The lowest BCUT2D eigenvalue weighted by Gasteiger charge is -2.28. The van der Waals surface area contributed by atoms with Crippen molar-refractivity contribution in [1.29, 1.82) is 0 Å². The molecule has 2 bridgehead atoms. The number of carbonyl (C=O) groups is 2. The van der Waals surface area contributed by atoms with E-state index in [4.69, 9.17) is 4.74 Å². The fourth-order valence-corrected chi connectivity index (χ4v) is 5.44. The summed E-state index contributed by atoms with van der Waals surface area (Å²) in [6.45, 7) is 3.14. The predicted octanol–water partition coefficient (Wildman–Crippen LogP) is 3.10. The molecular formula is C21H30N2O3S. The van der Waals surface area contributed by atoms with Crippen LogP contribution in [0, 0.1) is 17.8 Å². The maximum atomic E-state index is 12.9. The summed E-state index contributed by atoms with van der Waals surface area (Å²) in [5.41, 5.74) is 0.655. The highest BCUT2D eigenvalue weighted by Crippen LogP contribution is 2.49. The molecule has 2 N–H and O–H groups in total. The van der Waals surface area contributed by atoms with Crippen molar-refractivity contribution in [2.75, 3.05) is 26.0 Å². The summed E-state index contributed by atoms with van der Waals surface area (Å²) < 4.78 is 4.93. The van der Waals surface area contributed by atoms with E-state index in [1.165, 1.54) is 37.4 Å². The Hall–Kier alpha value is -1.53. The topological polar surface area (TPSA) is 67.4 Å². The van der Waals surface area contributed by atoms with Crippen LogP contribution < -0.4 is 10.6 Å². The number of rotatable bonds is 9. The van der Waals surface area contributed by atoms with E-state index in [0.717, 1.165) is 16.7 Å². The van der Waals surface area contributed by atoms with Gasteiger partial charge in [0.1, 0.15) is 0 Å². The highest BCUT2D eigenvalue weighted by atomic mass is 32.2. The van der Waals surface area contributed by atoms with Gasteiger partial charge in [-0.3, -0.25) is 9.59 Å². The SMILES string of the molecule is COCCNC(=O)CSc1ccccc1C(=O)NC(C)C1CC2CCC1C2. The van der Waals surface area contributed by atoms with Crippen molar-refractivity contribution in [3.8, 4) is 0 Å². The molecule has 1 aromatic carbocycles. The van der Waals surface area contributed by atoms with E-state index in [2.05, 4.69) is 17.6 Å². The summed E-state index contributed by atoms with van der Waals surface area (Å²) >= 11 is 1.40. The largest absolute Gasteiger partial charge is 0.383 e. The molecule has 2 fully saturated rings. The van der Waals surface area contributed by atoms with E-state index < -0.39 is 0 Å². The maximum absolute atomic E-state index is 12.9. The van der Waals surface area contributed by atoms with Crippen LogP contribution in [0.15, 0.2) is 29.2 Å². The normalized spacial score (nSPS) is 24.6. The Balaban J connectivity index is 1.54. The van der Waals surface area contributed by atoms with E-state index >= 15 is 0 Å². The lowest BCUT2D eigenvalue weighted by molar-refractivity contribution is -0.118. The van der Waals surface area contributed by atoms with E-state index in [-0.39, 0.29) is 23.6 Å². The first-order chi connectivity index (χ1) is 13.1. The van der Waals surface area contributed by atoms with Crippen LogP contribution >= 0.6 is 11.8 Å².